The molecule has 20 heavy (non-hydrogen) atoms. The van der Waals surface area contributed by atoms with Crippen molar-refractivity contribution in [3.8, 4) is 5.75 Å². The number of benzene rings is 1. The van der Waals surface area contributed by atoms with E-state index in [1.54, 1.807) is 11.3 Å². The quantitative estimate of drug-likeness (QED) is 0.842. The van der Waals surface area contributed by atoms with E-state index in [2.05, 4.69) is 35.4 Å². The van der Waals surface area contributed by atoms with E-state index in [0.717, 1.165) is 18.7 Å². The van der Waals surface area contributed by atoms with Gasteiger partial charge in [0.25, 0.3) is 0 Å². The minimum atomic E-state index is 0.213. The van der Waals surface area contributed by atoms with Crippen LogP contribution < -0.4 is 10.1 Å². The van der Waals surface area contributed by atoms with Crippen molar-refractivity contribution < 1.29 is 4.74 Å². The van der Waals surface area contributed by atoms with Gasteiger partial charge >= 0.3 is 0 Å². The van der Waals surface area contributed by atoms with Gasteiger partial charge in [-0.2, -0.15) is 0 Å². The lowest BCUT2D eigenvalue weighted by Crippen LogP contribution is -2.22. The maximum atomic E-state index is 5.90. The van der Waals surface area contributed by atoms with E-state index in [1.165, 1.54) is 23.3 Å². The summed E-state index contributed by atoms with van der Waals surface area (Å²) >= 11 is 1.69. The molecule has 3 nitrogen and oxygen atoms in total. The second-order valence-corrected chi connectivity index (χ2v) is 6.10. The number of hydrogen-bond donors (Lipinski definition) is 1. The molecule has 1 aromatic carbocycles. The fourth-order valence-corrected chi connectivity index (χ4v) is 2.91. The van der Waals surface area contributed by atoms with E-state index in [9.17, 15) is 0 Å². The number of nitrogens with one attached hydrogen (secondary N) is 1. The molecule has 0 aliphatic heterocycles. The van der Waals surface area contributed by atoms with Crippen molar-refractivity contribution in [3.05, 3.63) is 46.4 Å². The molecule has 4 heteroatoms. The standard InChI is InChI=1S/C16H20N2OS/c1-2-8-18-16(15-10-17-11-20-15)12-4-3-5-14(9-12)19-13-6-7-13/h3-5,9-11,13,16,18H,2,6-8H2,1H3. The average molecular weight is 288 g/mol. The highest BCUT2D eigenvalue weighted by atomic mass is 32.1. The predicted octanol–water partition coefficient (Wildman–Crippen LogP) is 3.77. The van der Waals surface area contributed by atoms with Gasteiger partial charge in [0.15, 0.2) is 0 Å². The largest absolute Gasteiger partial charge is 0.490 e. The first-order valence-electron chi connectivity index (χ1n) is 7.25. The van der Waals surface area contributed by atoms with Crippen LogP contribution in [0.3, 0.4) is 0 Å². The molecule has 0 saturated heterocycles. The molecule has 1 unspecified atom stereocenters. The Bertz CT molecular complexity index is 537. The summed E-state index contributed by atoms with van der Waals surface area (Å²) < 4.78 is 5.90. The van der Waals surface area contributed by atoms with Gasteiger partial charge in [-0.1, -0.05) is 19.1 Å². The van der Waals surface area contributed by atoms with Gasteiger partial charge in [-0.15, -0.1) is 11.3 Å². The lowest BCUT2D eigenvalue weighted by Gasteiger charge is -2.18. The summed E-state index contributed by atoms with van der Waals surface area (Å²) in [7, 11) is 0. The summed E-state index contributed by atoms with van der Waals surface area (Å²) in [5.41, 5.74) is 3.14. The monoisotopic (exact) mass is 288 g/mol. The third-order valence-electron chi connectivity index (χ3n) is 3.35. The molecular formula is C16H20N2OS. The Labute approximate surface area is 124 Å². The maximum Gasteiger partial charge on any atom is 0.120 e. The van der Waals surface area contributed by atoms with Gasteiger partial charge in [-0.05, 0) is 43.5 Å². The van der Waals surface area contributed by atoms with Crippen LogP contribution in [0, 0.1) is 0 Å². The Kier molecular flexibility index (Phi) is 4.33. The van der Waals surface area contributed by atoms with Crippen molar-refractivity contribution in [1.82, 2.24) is 10.3 Å². The van der Waals surface area contributed by atoms with Crippen LogP contribution in [-0.4, -0.2) is 17.6 Å². The Balaban J connectivity index is 1.81. The molecule has 2 aromatic rings. The van der Waals surface area contributed by atoms with Crippen LogP contribution in [0.5, 0.6) is 5.75 Å². The van der Waals surface area contributed by atoms with Crippen molar-refractivity contribution in [1.29, 1.82) is 0 Å². The summed E-state index contributed by atoms with van der Waals surface area (Å²) in [4.78, 5) is 5.46. The molecule has 0 radical (unpaired) electrons. The Morgan fingerprint density at radius 2 is 2.35 bits per heavy atom. The number of aromatic nitrogens is 1. The van der Waals surface area contributed by atoms with E-state index in [4.69, 9.17) is 4.74 Å². The summed E-state index contributed by atoms with van der Waals surface area (Å²) in [5, 5.41) is 3.60. The SMILES string of the molecule is CCCNC(c1cccc(OC2CC2)c1)c1cncs1. The van der Waals surface area contributed by atoms with Crippen LogP contribution in [0.25, 0.3) is 0 Å². The van der Waals surface area contributed by atoms with E-state index in [0.29, 0.717) is 6.10 Å². The minimum Gasteiger partial charge on any atom is -0.490 e. The lowest BCUT2D eigenvalue weighted by atomic mass is 10.1. The van der Waals surface area contributed by atoms with Gasteiger partial charge < -0.3 is 10.1 Å². The molecule has 3 rings (SSSR count). The van der Waals surface area contributed by atoms with Crippen molar-refractivity contribution in [2.75, 3.05) is 6.54 Å². The summed E-state index contributed by atoms with van der Waals surface area (Å²) in [6.45, 7) is 3.18. The second-order valence-electron chi connectivity index (χ2n) is 5.18. The number of hydrogen-bond acceptors (Lipinski definition) is 4. The van der Waals surface area contributed by atoms with Crippen LogP contribution in [0.1, 0.15) is 42.7 Å². The number of nitrogens with zero attached hydrogens (tertiary/aromatic N) is 1. The molecule has 0 spiro atoms. The van der Waals surface area contributed by atoms with Crippen LogP contribution in [-0.2, 0) is 0 Å². The van der Waals surface area contributed by atoms with Crippen LogP contribution in [0.15, 0.2) is 36.0 Å². The average Bonchev–Trinajstić information content (AvgIpc) is 3.11. The summed E-state index contributed by atoms with van der Waals surface area (Å²) in [6.07, 6.45) is 5.89. The highest BCUT2D eigenvalue weighted by Crippen LogP contribution is 2.31. The number of ether oxygens (including phenoxy) is 1. The zero-order valence-corrected chi connectivity index (χ0v) is 12.5. The fourth-order valence-electron chi connectivity index (χ4n) is 2.19. The molecule has 0 bridgehead atoms. The Morgan fingerprint density at radius 3 is 3.05 bits per heavy atom. The number of thiazole rings is 1. The molecule has 1 N–H and O–H groups in total. The molecule has 1 heterocycles. The molecule has 1 fully saturated rings. The molecule has 0 amide bonds. The van der Waals surface area contributed by atoms with E-state index in [-0.39, 0.29) is 6.04 Å². The van der Waals surface area contributed by atoms with Gasteiger partial charge in [0.2, 0.25) is 0 Å². The zero-order chi connectivity index (χ0) is 13.8. The van der Waals surface area contributed by atoms with Crippen LogP contribution >= 0.6 is 11.3 Å². The predicted molar refractivity (Wildman–Crippen MR) is 82.3 cm³/mol. The van der Waals surface area contributed by atoms with Gasteiger partial charge in [-0.3, -0.25) is 4.98 Å². The maximum absolute atomic E-state index is 5.90. The van der Waals surface area contributed by atoms with Gasteiger partial charge in [0, 0.05) is 11.1 Å². The highest BCUT2D eigenvalue weighted by Gasteiger charge is 2.24. The van der Waals surface area contributed by atoms with Crippen LogP contribution in [0.2, 0.25) is 0 Å². The van der Waals surface area contributed by atoms with E-state index < -0.39 is 0 Å². The normalized spacial score (nSPS) is 16.1. The zero-order valence-electron chi connectivity index (χ0n) is 11.7. The van der Waals surface area contributed by atoms with Crippen LogP contribution in [0.4, 0.5) is 0 Å². The molecule has 1 atom stereocenters. The molecule has 1 aliphatic rings. The molecule has 1 saturated carbocycles. The van der Waals surface area contributed by atoms with Crippen molar-refractivity contribution in [2.24, 2.45) is 0 Å². The third-order valence-corrected chi connectivity index (χ3v) is 4.19. The van der Waals surface area contributed by atoms with E-state index in [1.807, 2.05) is 17.8 Å². The van der Waals surface area contributed by atoms with Crippen molar-refractivity contribution in [3.63, 3.8) is 0 Å². The first kappa shape index (κ1) is 13.6. The van der Waals surface area contributed by atoms with Gasteiger partial charge in [-0.25, -0.2) is 0 Å². The van der Waals surface area contributed by atoms with Crippen molar-refractivity contribution >= 4 is 11.3 Å². The summed E-state index contributed by atoms with van der Waals surface area (Å²) in [5.74, 6) is 0.984. The minimum absolute atomic E-state index is 0.213. The number of rotatable bonds is 7. The molecule has 106 valence electrons. The molecule has 1 aliphatic carbocycles. The smallest absolute Gasteiger partial charge is 0.120 e. The second kappa shape index (κ2) is 6.37. The Morgan fingerprint density at radius 1 is 1.45 bits per heavy atom. The fraction of sp³-hybridized carbons (Fsp3) is 0.438. The van der Waals surface area contributed by atoms with Gasteiger partial charge in [0.05, 0.1) is 17.7 Å². The Hall–Kier alpha value is -1.39. The van der Waals surface area contributed by atoms with Crippen molar-refractivity contribution in [2.45, 2.75) is 38.3 Å². The lowest BCUT2D eigenvalue weighted by molar-refractivity contribution is 0.302. The third kappa shape index (κ3) is 3.38. The molecule has 1 aromatic heterocycles. The first-order chi connectivity index (χ1) is 9.86. The van der Waals surface area contributed by atoms with E-state index >= 15 is 0 Å². The molecular weight excluding hydrogens is 268 g/mol. The van der Waals surface area contributed by atoms with Gasteiger partial charge in [0.1, 0.15) is 5.75 Å². The topological polar surface area (TPSA) is 34.1 Å². The highest BCUT2D eigenvalue weighted by molar-refractivity contribution is 7.09. The summed E-state index contributed by atoms with van der Waals surface area (Å²) in [6, 6.07) is 8.66. The first-order valence-corrected chi connectivity index (χ1v) is 8.13.